The molecule has 20 heavy (non-hydrogen) atoms. The summed E-state index contributed by atoms with van der Waals surface area (Å²) >= 11 is 0. The van der Waals surface area contributed by atoms with E-state index < -0.39 is 14.9 Å². The molecule has 2 N–H and O–H groups in total. The molecule has 106 valence electrons. The normalized spacial score (nSPS) is 11.3. The van der Waals surface area contributed by atoms with Crippen LogP contribution in [0.2, 0.25) is 0 Å². The first-order valence-corrected chi connectivity index (χ1v) is 6.93. The van der Waals surface area contributed by atoms with E-state index in [2.05, 4.69) is 19.9 Å². The maximum Gasteiger partial charge on any atom is 0.273 e. The summed E-state index contributed by atoms with van der Waals surface area (Å²) in [5.74, 6) is -0.0640. The second-order valence-electron chi connectivity index (χ2n) is 4.08. The second kappa shape index (κ2) is 4.89. The monoisotopic (exact) mass is 297 g/mol. The van der Waals surface area contributed by atoms with Gasteiger partial charge in [0.05, 0.1) is 9.82 Å². The van der Waals surface area contributed by atoms with Crippen molar-refractivity contribution in [1.29, 1.82) is 0 Å². The molecule has 0 saturated heterocycles. The van der Waals surface area contributed by atoms with Gasteiger partial charge in [-0.15, -0.1) is 0 Å². The van der Waals surface area contributed by atoms with E-state index in [4.69, 9.17) is 0 Å². The van der Waals surface area contributed by atoms with Gasteiger partial charge in [-0.2, -0.15) is 10.1 Å². The molecule has 9 nitrogen and oxygen atoms in total. The highest BCUT2D eigenvalue weighted by Gasteiger charge is 2.22. The Kier molecular flexibility index (Phi) is 3.40. The molecule has 0 radical (unpaired) electrons. The first kappa shape index (κ1) is 13.9. The van der Waals surface area contributed by atoms with Crippen LogP contribution in [0.15, 0.2) is 23.4 Å². The van der Waals surface area contributed by atoms with Gasteiger partial charge in [0, 0.05) is 11.6 Å². The lowest BCUT2D eigenvalue weighted by Gasteiger charge is -2.08. The minimum absolute atomic E-state index is 0.0640. The number of rotatable bonds is 4. The quantitative estimate of drug-likeness (QED) is 0.642. The molecule has 0 aliphatic heterocycles. The van der Waals surface area contributed by atoms with Gasteiger partial charge in [0.2, 0.25) is 5.95 Å². The Bertz CT molecular complexity index is 754. The van der Waals surface area contributed by atoms with E-state index in [1.165, 1.54) is 6.07 Å². The zero-order valence-corrected chi connectivity index (χ0v) is 11.4. The molecular weight excluding hydrogens is 286 g/mol. The molecule has 0 saturated carbocycles. The Morgan fingerprint density at radius 2 is 2.05 bits per heavy atom. The molecule has 10 heteroatoms. The van der Waals surface area contributed by atoms with Gasteiger partial charge in [-0.1, -0.05) is 0 Å². The first-order valence-electron chi connectivity index (χ1n) is 5.45. The third-order valence-electron chi connectivity index (χ3n) is 2.77. The molecule has 0 amide bonds. The van der Waals surface area contributed by atoms with Gasteiger partial charge in [-0.05, 0) is 25.5 Å². The SMILES string of the molecule is Cc1cc(S(=O)(=O)Nc2ncn[nH]2)cc([N+](=O)[O-])c1C. The molecule has 0 bridgehead atoms. The third kappa shape index (κ3) is 2.59. The van der Waals surface area contributed by atoms with Crippen molar-refractivity contribution in [3.63, 3.8) is 0 Å². The number of hydrogen-bond donors (Lipinski definition) is 2. The molecule has 1 aromatic heterocycles. The summed E-state index contributed by atoms with van der Waals surface area (Å²) < 4.78 is 26.4. The maximum atomic E-state index is 12.1. The lowest BCUT2D eigenvalue weighted by atomic mass is 10.1. The number of nitro groups is 1. The molecule has 2 aromatic rings. The Hall–Kier alpha value is -2.49. The Morgan fingerprint density at radius 3 is 2.60 bits per heavy atom. The van der Waals surface area contributed by atoms with Gasteiger partial charge >= 0.3 is 0 Å². The van der Waals surface area contributed by atoms with Gasteiger partial charge in [0.25, 0.3) is 15.7 Å². The fourth-order valence-corrected chi connectivity index (χ4v) is 2.66. The second-order valence-corrected chi connectivity index (χ2v) is 5.76. The lowest BCUT2D eigenvalue weighted by Crippen LogP contribution is -2.15. The van der Waals surface area contributed by atoms with Crippen LogP contribution in [0.3, 0.4) is 0 Å². The average molecular weight is 297 g/mol. The highest BCUT2D eigenvalue weighted by atomic mass is 32.2. The molecule has 0 unspecified atom stereocenters. The zero-order chi connectivity index (χ0) is 14.9. The highest BCUT2D eigenvalue weighted by molar-refractivity contribution is 7.92. The van der Waals surface area contributed by atoms with Gasteiger partial charge in [0.15, 0.2) is 0 Å². The molecule has 0 atom stereocenters. The molecule has 1 heterocycles. The van der Waals surface area contributed by atoms with Gasteiger partial charge < -0.3 is 0 Å². The van der Waals surface area contributed by atoms with Crippen molar-refractivity contribution in [3.05, 3.63) is 39.7 Å². The Labute approximate surface area is 114 Å². The van der Waals surface area contributed by atoms with Gasteiger partial charge in [-0.25, -0.2) is 18.2 Å². The van der Waals surface area contributed by atoms with Gasteiger partial charge in [-0.3, -0.25) is 10.1 Å². The lowest BCUT2D eigenvalue weighted by molar-refractivity contribution is -0.385. The number of nitrogens with zero attached hydrogens (tertiary/aromatic N) is 3. The number of sulfonamides is 1. The van der Waals surface area contributed by atoms with E-state index in [9.17, 15) is 18.5 Å². The Morgan fingerprint density at radius 1 is 1.35 bits per heavy atom. The molecule has 0 aliphatic rings. The van der Waals surface area contributed by atoms with Crippen LogP contribution < -0.4 is 4.72 Å². The van der Waals surface area contributed by atoms with Crippen molar-refractivity contribution < 1.29 is 13.3 Å². The van der Waals surface area contributed by atoms with Crippen molar-refractivity contribution in [2.24, 2.45) is 0 Å². The van der Waals surface area contributed by atoms with Crippen molar-refractivity contribution in [3.8, 4) is 0 Å². The summed E-state index contributed by atoms with van der Waals surface area (Å²) in [5.41, 5.74) is 0.689. The van der Waals surface area contributed by atoms with Crippen LogP contribution in [0.4, 0.5) is 11.6 Å². The largest absolute Gasteiger partial charge is 0.273 e. The van der Waals surface area contributed by atoms with Crippen LogP contribution >= 0.6 is 0 Å². The van der Waals surface area contributed by atoms with Crippen LogP contribution in [-0.2, 0) is 10.0 Å². The number of aromatic amines is 1. The van der Waals surface area contributed by atoms with Crippen molar-refractivity contribution in [2.75, 3.05) is 4.72 Å². The van der Waals surface area contributed by atoms with Gasteiger partial charge in [0.1, 0.15) is 6.33 Å². The Balaban J connectivity index is 2.49. The predicted octanol–water partition coefficient (Wildman–Crippen LogP) is 1.13. The molecule has 1 aromatic carbocycles. The number of aromatic nitrogens is 3. The summed E-state index contributed by atoms with van der Waals surface area (Å²) in [7, 11) is -3.97. The summed E-state index contributed by atoms with van der Waals surface area (Å²) in [4.78, 5) is 13.7. The number of benzene rings is 1. The fourth-order valence-electron chi connectivity index (χ4n) is 1.59. The van der Waals surface area contributed by atoms with Crippen LogP contribution in [0.1, 0.15) is 11.1 Å². The number of hydrogen-bond acceptors (Lipinski definition) is 6. The maximum absolute atomic E-state index is 12.1. The van der Waals surface area contributed by atoms with Crippen LogP contribution in [-0.4, -0.2) is 28.5 Å². The van der Waals surface area contributed by atoms with E-state index >= 15 is 0 Å². The minimum Gasteiger partial charge on any atom is -0.258 e. The number of nitrogens with one attached hydrogen (secondary N) is 2. The molecule has 0 spiro atoms. The topological polar surface area (TPSA) is 131 Å². The average Bonchev–Trinajstić information content (AvgIpc) is 2.83. The number of aryl methyl sites for hydroxylation is 1. The molecule has 2 rings (SSSR count). The molecule has 0 aliphatic carbocycles. The van der Waals surface area contributed by atoms with E-state index in [-0.39, 0.29) is 16.5 Å². The van der Waals surface area contributed by atoms with E-state index in [1.807, 2.05) is 0 Å². The molecular formula is C10H11N5O4S. The first-order chi connectivity index (χ1) is 9.31. The fraction of sp³-hybridized carbons (Fsp3) is 0.200. The van der Waals surface area contributed by atoms with Crippen molar-refractivity contribution >= 4 is 21.7 Å². The van der Waals surface area contributed by atoms with Crippen LogP contribution in [0.25, 0.3) is 0 Å². The zero-order valence-electron chi connectivity index (χ0n) is 10.6. The third-order valence-corrected chi connectivity index (χ3v) is 4.08. The number of anilines is 1. The smallest absolute Gasteiger partial charge is 0.258 e. The van der Waals surface area contributed by atoms with E-state index in [0.29, 0.717) is 11.1 Å². The van der Waals surface area contributed by atoms with E-state index in [0.717, 1.165) is 12.4 Å². The molecule has 0 fully saturated rings. The van der Waals surface area contributed by atoms with Crippen LogP contribution in [0.5, 0.6) is 0 Å². The minimum atomic E-state index is -3.97. The van der Waals surface area contributed by atoms with Crippen molar-refractivity contribution in [2.45, 2.75) is 18.7 Å². The van der Waals surface area contributed by atoms with Crippen LogP contribution in [0, 0.1) is 24.0 Å². The summed E-state index contributed by atoms with van der Waals surface area (Å²) in [6.07, 6.45) is 1.14. The van der Waals surface area contributed by atoms with E-state index in [1.54, 1.807) is 13.8 Å². The highest BCUT2D eigenvalue weighted by Crippen LogP contribution is 2.26. The number of nitro benzene ring substituents is 1. The summed E-state index contributed by atoms with van der Waals surface area (Å²) in [6.45, 7) is 3.17. The predicted molar refractivity (Wildman–Crippen MR) is 69.8 cm³/mol. The summed E-state index contributed by atoms with van der Waals surface area (Å²) in [6, 6.07) is 2.38. The standard InChI is InChI=1S/C10H11N5O4S/c1-6-3-8(4-9(7(6)2)15(16)17)20(18,19)14-10-11-5-12-13-10/h3-5H,1-2H3,(H2,11,12,13,14). The summed E-state index contributed by atoms with van der Waals surface area (Å²) in [5, 5.41) is 16.8. The van der Waals surface area contributed by atoms with Crippen molar-refractivity contribution in [1.82, 2.24) is 15.2 Å². The number of H-pyrrole nitrogens is 1.